The molecule has 0 fully saturated rings. The van der Waals surface area contributed by atoms with E-state index in [1.807, 2.05) is 0 Å². The fourth-order valence-corrected chi connectivity index (χ4v) is 1.82. The molecule has 0 aliphatic heterocycles. The van der Waals surface area contributed by atoms with Crippen molar-refractivity contribution in [1.29, 1.82) is 0 Å². The van der Waals surface area contributed by atoms with Crippen LogP contribution in [0.3, 0.4) is 0 Å². The van der Waals surface area contributed by atoms with Crippen molar-refractivity contribution < 1.29 is 32.5 Å². The molecule has 0 radical (unpaired) electrons. The van der Waals surface area contributed by atoms with Crippen LogP contribution in [0, 0.1) is 0 Å². The minimum absolute atomic E-state index is 0. The van der Waals surface area contributed by atoms with Crippen molar-refractivity contribution in [1.82, 2.24) is 0 Å². The van der Waals surface area contributed by atoms with E-state index in [9.17, 15) is 0 Å². The third kappa shape index (κ3) is 12.9. The van der Waals surface area contributed by atoms with Gasteiger partial charge in [0.05, 0.1) is 11.5 Å². The average molecular weight is 475 g/mol. The summed E-state index contributed by atoms with van der Waals surface area (Å²) in [4.78, 5) is 1.32. The van der Waals surface area contributed by atoms with Gasteiger partial charge in [0.1, 0.15) is 4.88 Å². The van der Waals surface area contributed by atoms with Crippen LogP contribution in [0.4, 0.5) is 0 Å². The van der Waals surface area contributed by atoms with Crippen LogP contribution in [0.15, 0.2) is 9.92 Å². The second kappa shape index (κ2) is 15.1. The van der Waals surface area contributed by atoms with E-state index in [0.717, 1.165) is 5.76 Å². The Labute approximate surface area is 162 Å². The summed E-state index contributed by atoms with van der Waals surface area (Å²) >= 11 is 2.21. The van der Waals surface area contributed by atoms with E-state index in [2.05, 4.69) is 47.6 Å². The molecular formula is C11H25Cl4MoO3S+. The second-order valence-electron chi connectivity index (χ2n) is 5.54. The standard InChI is InChI=1S/C11H19OS.4ClH.Mo.H2O.O/c1-10(2,3)8-7-9(13-12-8)11(4,5)6;;;;;;;/h7H,1-6H3;4*1H;;1H2;/q+1;;;;;;;. The van der Waals surface area contributed by atoms with Crippen LogP contribution in [0.1, 0.15) is 52.2 Å². The van der Waals surface area contributed by atoms with E-state index in [-0.39, 0.29) is 65.9 Å². The van der Waals surface area contributed by atoms with Gasteiger partial charge in [-0.1, -0.05) is 20.8 Å². The summed E-state index contributed by atoms with van der Waals surface area (Å²) in [6.45, 7) is 13.1. The molecule has 0 atom stereocenters. The molecule has 9 heteroatoms. The van der Waals surface area contributed by atoms with E-state index in [4.69, 9.17) is 7.25 Å². The van der Waals surface area contributed by atoms with E-state index in [1.165, 1.54) is 16.5 Å². The van der Waals surface area contributed by atoms with Crippen molar-refractivity contribution in [3.05, 3.63) is 16.7 Å². The zero-order valence-electron chi connectivity index (χ0n) is 12.3. The van der Waals surface area contributed by atoms with Crippen LogP contribution in [-0.4, -0.2) is 5.48 Å². The zero-order valence-corrected chi connectivity index (χ0v) is 18.4. The van der Waals surface area contributed by atoms with Gasteiger partial charge in [-0.15, -0.1) is 53.5 Å². The van der Waals surface area contributed by atoms with Crippen LogP contribution in [0.25, 0.3) is 0 Å². The van der Waals surface area contributed by atoms with Gasteiger partial charge in [-0.05, 0) is 20.8 Å². The summed E-state index contributed by atoms with van der Waals surface area (Å²) in [7, 11) is 0. The van der Waals surface area contributed by atoms with Crippen molar-refractivity contribution in [2.24, 2.45) is 0 Å². The molecule has 1 rings (SSSR count). The molecule has 3 nitrogen and oxygen atoms in total. The Bertz CT molecular complexity index is 296. The van der Waals surface area contributed by atoms with Crippen LogP contribution in [0.5, 0.6) is 0 Å². The Morgan fingerprint density at radius 3 is 1.40 bits per heavy atom. The first-order valence-corrected chi connectivity index (χ1v) is 6.38. The summed E-state index contributed by atoms with van der Waals surface area (Å²) in [6.07, 6.45) is 0. The van der Waals surface area contributed by atoms with Crippen LogP contribution < -0.4 is 0 Å². The maximum atomic E-state index is 8.26. The van der Waals surface area contributed by atoms with Gasteiger partial charge in [0, 0.05) is 5.41 Å². The van der Waals surface area contributed by atoms with E-state index in [1.54, 1.807) is 0 Å². The van der Waals surface area contributed by atoms with E-state index >= 15 is 0 Å². The van der Waals surface area contributed by atoms with Gasteiger partial charge in [0.15, 0.2) is 0 Å². The molecule has 0 aliphatic rings. The van der Waals surface area contributed by atoms with Crippen molar-refractivity contribution in [3.63, 3.8) is 0 Å². The van der Waals surface area contributed by atoms with Gasteiger partial charge in [0.2, 0.25) is 0 Å². The predicted molar refractivity (Wildman–Crippen MR) is 91.7 cm³/mol. The second-order valence-corrected chi connectivity index (χ2v) is 6.31. The topological polar surface area (TPSA) is 59.9 Å². The summed E-state index contributed by atoms with van der Waals surface area (Å²) in [5.41, 5.74) is 0.331. The first-order chi connectivity index (χ1) is 6.71. The van der Waals surface area contributed by atoms with E-state index < -0.39 is 0 Å². The molecule has 0 bridgehead atoms. The normalized spacial score (nSPS) is 8.90. The van der Waals surface area contributed by atoms with Crippen molar-refractivity contribution in [2.45, 2.75) is 52.4 Å². The number of rotatable bonds is 0. The predicted octanol–water partition coefficient (Wildman–Crippen LogP) is 4.96. The third-order valence-corrected chi connectivity index (χ3v) is 3.13. The Morgan fingerprint density at radius 2 is 1.25 bits per heavy atom. The quantitative estimate of drug-likeness (QED) is 0.394. The van der Waals surface area contributed by atoms with Crippen molar-refractivity contribution in [3.8, 4) is 0 Å². The molecule has 2 N–H and O–H groups in total. The molecular weight excluding hydrogens is 450 g/mol. The summed E-state index contributed by atoms with van der Waals surface area (Å²) in [5.74, 6) is 1.09. The Balaban J connectivity index is -0.0000000669. The molecule has 0 aliphatic carbocycles. The zero-order chi connectivity index (χ0) is 12.3. The molecule has 0 amide bonds. The number of halogens is 4. The molecule has 20 heavy (non-hydrogen) atoms. The first kappa shape index (κ1) is 37.5. The molecule has 0 saturated carbocycles. The maximum absolute atomic E-state index is 8.26. The van der Waals surface area contributed by atoms with Gasteiger partial charge in [-0.25, -0.2) is 0 Å². The van der Waals surface area contributed by atoms with Gasteiger partial charge >= 0.3 is 40.6 Å². The van der Waals surface area contributed by atoms with Gasteiger partial charge in [0.25, 0.3) is 0 Å². The molecule has 0 saturated heterocycles. The first-order valence-electron chi connectivity index (χ1n) is 4.82. The Kier molecular flexibility index (Phi) is 28.4. The van der Waals surface area contributed by atoms with Gasteiger partial charge in [-0.3, -0.25) is 0 Å². The van der Waals surface area contributed by atoms with Gasteiger partial charge in [-0.2, -0.15) is 0 Å². The molecule has 1 aromatic rings. The SMILES string of the molecule is CC(C)(C)c1cc(C(C)(C)C)s[o+]1.Cl.Cl.Cl.Cl.O.[O]=[Mo]. The number of hydrogen-bond donors (Lipinski definition) is 0. The summed E-state index contributed by atoms with van der Waals surface area (Å²) in [5, 5.41) is 0. The molecule has 126 valence electrons. The summed E-state index contributed by atoms with van der Waals surface area (Å²) in [6, 6.07) is 2.19. The fraction of sp³-hybridized carbons (Fsp3) is 0.727. The Morgan fingerprint density at radius 1 is 0.900 bits per heavy atom. The average Bonchev–Trinajstić information content (AvgIpc) is 2.53. The molecule has 0 aromatic carbocycles. The number of hydrogen-bond acceptors (Lipinski definition) is 2. The third-order valence-electron chi connectivity index (χ3n) is 1.96. The van der Waals surface area contributed by atoms with Gasteiger partial charge < -0.3 is 5.48 Å². The van der Waals surface area contributed by atoms with Crippen molar-refractivity contribution >= 4 is 61.3 Å². The van der Waals surface area contributed by atoms with E-state index in [0.29, 0.717) is 19.8 Å². The fourth-order valence-electron chi connectivity index (χ4n) is 0.940. The van der Waals surface area contributed by atoms with Crippen LogP contribution >= 0.6 is 61.3 Å². The monoisotopic (exact) mass is 475 g/mol. The molecule has 1 heterocycles. The Hall–Kier alpha value is 1.24. The minimum atomic E-state index is 0. The molecule has 0 spiro atoms. The summed E-state index contributed by atoms with van der Waals surface area (Å²) < 4.78 is 13.9. The van der Waals surface area contributed by atoms with Crippen LogP contribution in [-0.2, 0) is 34.0 Å². The molecule has 1 aromatic heterocycles. The van der Waals surface area contributed by atoms with Crippen molar-refractivity contribution in [2.75, 3.05) is 0 Å². The van der Waals surface area contributed by atoms with Crippen LogP contribution in [0.2, 0.25) is 0 Å². The molecule has 0 unspecified atom stereocenters.